The highest BCUT2D eigenvalue weighted by molar-refractivity contribution is 7.80. The number of aryl methyl sites for hydroxylation is 2. The van der Waals surface area contributed by atoms with Gasteiger partial charge in [-0.1, -0.05) is 12.1 Å². The van der Waals surface area contributed by atoms with Crippen LogP contribution in [0.3, 0.4) is 0 Å². The Morgan fingerprint density at radius 3 is 2.43 bits per heavy atom. The maximum Gasteiger partial charge on any atom is 0.293 e. The minimum absolute atomic E-state index is 0.0122. The second kappa shape index (κ2) is 11.8. The SMILES string of the molecule is CCN(CC)c1ccc(-n2nc3cc(C)c(NC(=S)NC(=O)c4ccc(-c5cccc([N+](=O)[O-])c5)o4)cc3n2)c(C)c1. The van der Waals surface area contributed by atoms with Crippen molar-refractivity contribution in [2.24, 2.45) is 0 Å². The van der Waals surface area contributed by atoms with Gasteiger partial charge >= 0.3 is 0 Å². The van der Waals surface area contributed by atoms with E-state index in [1.807, 2.05) is 32.0 Å². The van der Waals surface area contributed by atoms with Crippen molar-refractivity contribution in [3.05, 3.63) is 93.7 Å². The van der Waals surface area contributed by atoms with Crippen LogP contribution in [0.15, 0.2) is 71.1 Å². The molecule has 2 heterocycles. The molecule has 0 aliphatic carbocycles. The fraction of sp³-hybridized carbons (Fsp3) is 0.200. The van der Waals surface area contributed by atoms with Gasteiger partial charge in [-0.2, -0.15) is 4.80 Å². The molecule has 0 aliphatic heterocycles. The Balaban J connectivity index is 1.30. The summed E-state index contributed by atoms with van der Waals surface area (Å²) in [5, 5.41) is 26.2. The number of aromatic nitrogens is 3. The number of furan rings is 1. The number of nitro benzene ring substituents is 1. The number of fused-ring (bicyclic) bond motifs is 1. The number of thiocarbonyl (C=S) groups is 1. The standard InChI is InChI=1S/C30H29N7O4S/c1-5-35(6-2)21-10-11-26(19(4)14-21)36-33-24-15-18(3)23(17-25(24)34-36)31-30(42)32-29(38)28-13-12-27(41-28)20-8-7-9-22(16-20)37(39)40/h7-17H,5-6H2,1-4H3,(H2,31,32,38,42). The molecule has 1 amide bonds. The lowest BCUT2D eigenvalue weighted by Crippen LogP contribution is -2.34. The van der Waals surface area contributed by atoms with E-state index in [1.165, 1.54) is 18.2 Å². The van der Waals surface area contributed by atoms with Crippen molar-refractivity contribution < 1.29 is 14.1 Å². The smallest absolute Gasteiger partial charge is 0.293 e. The first-order valence-corrected chi connectivity index (χ1v) is 13.8. The molecule has 11 nitrogen and oxygen atoms in total. The summed E-state index contributed by atoms with van der Waals surface area (Å²) in [6.07, 6.45) is 0. The molecule has 0 spiro atoms. The lowest BCUT2D eigenvalue weighted by Gasteiger charge is -2.22. The maximum absolute atomic E-state index is 12.8. The summed E-state index contributed by atoms with van der Waals surface area (Å²) >= 11 is 5.39. The highest BCUT2D eigenvalue weighted by Gasteiger charge is 2.17. The third-order valence-electron chi connectivity index (χ3n) is 6.90. The Hall–Kier alpha value is -5.10. The molecule has 0 fully saturated rings. The molecule has 0 saturated carbocycles. The van der Waals surface area contributed by atoms with Crippen LogP contribution in [0.1, 0.15) is 35.5 Å². The lowest BCUT2D eigenvalue weighted by atomic mass is 10.1. The van der Waals surface area contributed by atoms with Crippen LogP contribution in [-0.4, -0.2) is 44.0 Å². The van der Waals surface area contributed by atoms with Gasteiger partial charge in [0.1, 0.15) is 16.8 Å². The largest absolute Gasteiger partial charge is 0.451 e. The van der Waals surface area contributed by atoms with Crippen molar-refractivity contribution in [1.29, 1.82) is 0 Å². The van der Waals surface area contributed by atoms with Crippen LogP contribution in [0.2, 0.25) is 0 Å². The summed E-state index contributed by atoms with van der Waals surface area (Å²) in [5.74, 6) is -0.222. The minimum atomic E-state index is -0.558. The minimum Gasteiger partial charge on any atom is -0.451 e. The number of hydrogen-bond acceptors (Lipinski definition) is 8. The van der Waals surface area contributed by atoms with Crippen LogP contribution in [-0.2, 0) is 0 Å². The first kappa shape index (κ1) is 28.4. The molecular formula is C30H29N7O4S. The fourth-order valence-corrected chi connectivity index (χ4v) is 4.87. The molecule has 12 heteroatoms. The summed E-state index contributed by atoms with van der Waals surface area (Å²) in [4.78, 5) is 27.3. The summed E-state index contributed by atoms with van der Waals surface area (Å²) in [6, 6.07) is 19.0. The quantitative estimate of drug-likeness (QED) is 0.125. The van der Waals surface area contributed by atoms with E-state index in [1.54, 1.807) is 23.0 Å². The normalized spacial score (nSPS) is 11.0. The van der Waals surface area contributed by atoms with Crippen LogP contribution < -0.4 is 15.5 Å². The van der Waals surface area contributed by atoms with Crippen LogP contribution in [0.25, 0.3) is 28.0 Å². The first-order chi connectivity index (χ1) is 20.2. The summed E-state index contributed by atoms with van der Waals surface area (Å²) in [6.45, 7) is 10.1. The van der Waals surface area contributed by atoms with Crippen molar-refractivity contribution >= 4 is 51.3 Å². The van der Waals surface area contributed by atoms with Gasteiger partial charge in [-0.15, -0.1) is 10.2 Å². The predicted octanol–water partition coefficient (Wildman–Crippen LogP) is 6.18. The predicted molar refractivity (Wildman–Crippen MR) is 166 cm³/mol. The summed E-state index contributed by atoms with van der Waals surface area (Å²) < 4.78 is 5.64. The molecule has 5 rings (SSSR count). The van der Waals surface area contributed by atoms with Crippen LogP contribution in [0.5, 0.6) is 0 Å². The fourth-order valence-electron chi connectivity index (χ4n) is 4.67. The van der Waals surface area contributed by atoms with Crippen molar-refractivity contribution in [2.45, 2.75) is 27.7 Å². The van der Waals surface area contributed by atoms with Crippen molar-refractivity contribution in [3.8, 4) is 17.0 Å². The van der Waals surface area contributed by atoms with E-state index >= 15 is 0 Å². The zero-order valence-electron chi connectivity index (χ0n) is 23.5. The van der Waals surface area contributed by atoms with Crippen molar-refractivity contribution in [2.75, 3.05) is 23.3 Å². The highest BCUT2D eigenvalue weighted by Crippen LogP contribution is 2.27. The molecule has 0 unspecified atom stereocenters. The number of non-ortho nitro benzene ring substituents is 1. The molecule has 42 heavy (non-hydrogen) atoms. The van der Waals surface area contributed by atoms with E-state index in [9.17, 15) is 14.9 Å². The van der Waals surface area contributed by atoms with Crippen LogP contribution in [0, 0.1) is 24.0 Å². The van der Waals surface area contributed by atoms with E-state index in [0.717, 1.165) is 41.1 Å². The molecule has 5 aromatic rings. The molecule has 3 aromatic carbocycles. The van der Waals surface area contributed by atoms with Gasteiger partial charge in [0, 0.05) is 42.2 Å². The number of anilines is 2. The van der Waals surface area contributed by atoms with Gasteiger partial charge in [0.2, 0.25) is 0 Å². The second-order valence-electron chi connectivity index (χ2n) is 9.67. The monoisotopic (exact) mass is 583 g/mol. The van der Waals surface area contributed by atoms with Gasteiger partial charge in [0.15, 0.2) is 10.9 Å². The number of rotatable bonds is 8. The number of benzene rings is 3. The molecule has 0 bridgehead atoms. The van der Waals surface area contributed by atoms with E-state index in [2.05, 4.69) is 51.7 Å². The molecule has 214 valence electrons. The molecule has 0 saturated heterocycles. The zero-order valence-corrected chi connectivity index (χ0v) is 24.4. The zero-order chi connectivity index (χ0) is 30.0. The molecule has 0 atom stereocenters. The first-order valence-electron chi connectivity index (χ1n) is 13.4. The molecule has 2 aromatic heterocycles. The number of carbonyl (C=O) groups is 1. The van der Waals surface area contributed by atoms with Crippen molar-refractivity contribution in [3.63, 3.8) is 0 Å². The summed E-state index contributed by atoms with van der Waals surface area (Å²) in [5.41, 5.74) is 6.44. The number of carbonyl (C=O) groups excluding carboxylic acids is 1. The van der Waals surface area contributed by atoms with Gasteiger partial charge in [0.05, 0.1) is 10.6 Å². The number of nitro groups is 1. The highest BCUT2D eigenvalue weighted by atomic mass is 32.1. The van der Waals surface area contributed by atoms with E-state index in [0.29, 0.717) is 22.5 Å². The van der Waals surface area contributed by atoms with Gasteiger partial charge in [-0.3, -0.25) is 20.2 Å². The van der Waals surface area contributed by atoms with Gasteiger partial charge in [-0.05, 0) is 93.5 Å². The van der Waals surface area contributed by atoms with Crippen LogP contribution in [0.4, 0.5) is 17.1 Å². The Morgan fingerprint density at radius 1 is 1.00 bits per heavy atom. The number of amides is 1. The second-order valence-corrected chi connectivity index (χ2v) is 10.1. The summed E-state index contributed by atoms with van der Waals surface area (Å²) in [7, 11) is 0. The van der Waals surface area contributed by atoms with E-state index < -0.39 is 10.8 Å². The average molecular weight is 584 g/mol. The molecule has 0 radical (unpaired) electrons. The Bertz CT molecular complexity index is 1820. The lowest BCUT2D eigenvalue weighted by molar-refractivity contribution is -0.384. The van der Waals surface area contributed by atoms with Gasteiger partial charge in [0.25, 0.3) is 11.6 Å². The van der Waals surface area contributed by atoms with Crippen LogP contribution >= 0.6 is 12.2 Å². The molecule has 2 N–H and O–H groups in total. The van der Waals surface area contributed by atoms with Gasteiger partial charge < -0.3 is 14.6 Å². The van der Waals surface area contributed by atoms with Crippen molar-refractivity contribution in [1.82, 2.24) is 20.3 Å². The van der Waals surface area contributed by atoms with Gasteiger partial charge in [-0.25, -0.2) is 0 Å². The Kier molecular flexibility index (Phi) is 7.98. The molecule has 0 aliphatic rings. The average Bonchev–Trinajstić information content (AvgIpc) is 3.62. The Labute approximate surface area is 247 Å². The number of nitrogens with zero attached hydrogens (tertiary/aromatic N) is 5. The van der Waals surface area contributed by atoms with E-state index in [4.69, 9.17) is 16.6 Å². The Morgan fingerprint density at radius 2 is 1.74 bits per heavy atom. The number of nitrogens with one attached hydrogen (secondary N) is 2. The maximum atomic E-state index is 12.8. The van der Waals surface area contributed by atoms with E-state index in [-0.39, 0.29) is 16.6 Å². The topological polar surface area (TPSA) is 131 Å². The third-order valence-corrected chi connectivity index (χ3v) is 7.10. The molecular weight excluding hydrogens is 554 g/mol. The number of hydrogen-bond donors (Lipinski definition) is 2. The third kappa shape index (κ3) is 5.84.